The molecule has 0 aliphatic rings. The molecule has 0 saturated heterocycles. The van der Waals surface area contributed by atoms with Gasteiger partial charge in [-0.1, -0.05) is 0 Å². The molecule has 4 N–H and O–H groups in total. The second-order valence-corrected chi connectivity index (χ2v) is 2.49. The van der Waals surface area contributed by atoms with Crippen molar-refractivity contribution in [2.45, 2.75) is 31.3 Å². The second kappa shape index (κ2) is 6.72. The van der Waals surface area contributed by atoms with E-state index in [4.69, 9.17) is 20.4 Å². The topological polar surface area (TPSA) is 121 Å². The first-order chi connectivity index (χ1) is 5.37. The summed E-state index contributed by atoms with van der Waals surface area (Å²) in [5.74, 6) is -1.90. The minimum absolute atomic E-state index is 0. The van der Waals surface area contributed by atoms with Crippen LogP contribution in [0.15, 0.2) is 0 Å². The molecule has 0 aliphatic heterocycles. The summed E-state index contributed by atoms with van der Waals surface area (Å²) < 4.78 is 0. The standard InChI is InChI=1S/C6H12O6.Na/c1-2(7)3(8)4(9)5(10)6(11)12;/h2-5,7-10H,1H3,(H,11,12);/q;+1/p-1/t2-,3+,4+,5-;/m0./s1. The summed E-state index contributed by atoms with van der Waals surface area (Å²) in [5, 5.41) is 45.0. The Morgan fingerprint density at radius 3 is 1.77 bits per heavy atom. The average molecular weight is 202 g/mol. The number of carbonyl (C=O) groups is 1. The van der Waals surface area contributed by atoms with Gasteiger partial charge >= 0.3 is 29.6 Å². The third-order valence-corrected chi connectivity index (χ3v) is 1.41. The van der Waals surface area contributed by atoms with Gasteiger partial charge in [0.1, 0.15) is 18.3 Å². The van der Waals surface area contributed by atoms with Gasteiger partial charge in [-0.3, -0.25) is 0 Å². The van der Waals surface area contributed by atoms with Crippen LogP contribution in [0.4, 0.5) is 0 Å². The SMILES string of the molecule is C[C@H](O)[C@@H](O)[C@@H](O)[C@H](O)C(=O)[O-].[Na+]. The van der Waals surface area contributed by atoms with E-state index in [-0.39, 0.29) is 29.6 Å². The number of aliphatic hydroxyl groups is 4. The van der Waals surface area contributed by atoms with Crippen LogP contribution in [0, 0.1) is 0 Å². The molecular formula is C6H11NaO6. The van der Waals surface area contributed by atoms with Crippen molar-refractivity contribution in [2.75, 3.05) is 0 Å². The first-order valence-corrected chi connectivity index (χ1v) is 3.31. The van der Waals surface area contributed by atoms with Crippen LogP contribution in [0.25, 0.3) is 0 Å². The first kappa shape index (κ1) is 15.8. The van der Waals surface area contributed by atoms with Crippen molar-refractivity contribution < 1.29 is 59.9 Å². The van der Waals surface area contributed by atoms with Gasteiger partial charge in [-0.2, -0.15) is 0 Å². The molecule has 0 amide bonds. The van der Waals surface area contributed by atoms with E-state index in [1.165, 1.54) is 0 Å². The molecule has 0 spiro atoms. The second-order valence-electron chi connectivity index (χ2n) is 2.49. The zero-order valence-corrected chi connectivity index (χ0v) is 9.41. The Labute approximate surface area is 97.1 Å². The van der Waals surface area contributed by atoms with E-state index in [2.05, 4.69) is 0 Å². The van der Waals surface area contributed by atoms with Crippen LogP contribution >= 0.6 is 0 Å². The number of aliphatic hydroxyl groups excluding tert-OH is 4. The Bertz CT molecular complexity index is 161. The third kappa shape index (κ3) is 4.92. The Morgan fingerprint density at radius 1 is 1.15 bits per heavy atom. The summed E-state index contributed by atoms with van der Waals surface area (Å²) in [6.45, 7) is 1.15. The number of hydrogen-bond donors (Lipinski definition) is 4. The van der Waals surface area contributed by atoms with Crippen LogP contribution < -0.4 is 34.7 Å². The molecule has 0 saturated carbocycles. The summed E-state index contributed by atoms with van der Waals surface area (Å²) in [5.41, 5.74) is 0. The maximum absolute atomic E-state index is 9.95. The molecule has 0 aromatic heterocycles. The van der Waals surface area contributed by atoms with Crippen molar-refractivity contribution in [1.82, 2.24) is 0 Å². The van der Waals surface area contributed by atoms with E-state index in [1.54, 1.807) is 0 Å². The molecule has 72 valence electrons. The molecule has 0 rings (SSSR count). The van der Waals surface area contributed by atoms with Crippen LogP contribution in [-0.4, -0.2) is 50.8 Å². The van der Waals surface area contributed by atoms with Gasteiger partial charge in [0.2, 0.25) is 0 Å². The summed E-state index contributed by atoms with van der Waals surface area (Å²) in [6, 6.07) is 0. The molecule has 0 aromatic rings. The van der Waals surface area contributed by atoms with E-state index in [0.29, 0.717) is 0 Å². The van der Waals surface area contributed by atoms with Crippen molar-refractivity contribution in [2.24, 2.45) is 0 Å². The van der Waals surface area contributed by atoms with E-state index in [0.717, 1.165) is 6.92 Å². The Hall–Kier alpha value is 0.310. The van der Waals surface area contributed by atoms with Gasteiger partial charge in [-0.25, -0.2) is 0 Å². The molecule has 0 aliphatic carbocycles. The quantitative estimate of drug-likeness (QED) is 0.336. The number of hydrogen-bond acceptors (Lipinski definition) is 6. The summed E-state index contributed by atoms with van der Waals surface area (Å²) in [4.78, 5) is 9.95. The fourth-order valence-corrected chi connectivity index (χ4v) is 0.612. The molecule has 0 radical (unpaired) electrons. The molecular weight excluding hydrogens is 191 g/mol. The molecule has 0 aromatic carbocycles. The zero-order valence-electron chi connectivity index (χ0n) is 7.41. The van der Waals surface area contributed by atoms with Gasteiger partial charge < -0.3 is 30.3 Å². The first-order valence-electron chi connectivity index (χ1n) is 3.31. The number of carboxylic acid groups (broad SMARTS) is 1. The van der Waals surface area contributed by atoms with Gasteiger partial charge in [-0.05, 0) is 6.92 Å². The third-order valence-electron chi connectivity index (χ3n) is 1.41. The average Bonchev–Trinajstić information content (AvgIpc) is 2.00. The van der Waals surface area contributed by atoms with Crippen molar-refractivity contribution in [3.63, 3.8) is 0 Å². The van der Waals surface area contributed by atoms with E-state index in [1.807, 2.05) is 0 Å². The zero-order chi connectivity index (χ0) is 9.89. The monoisotopic (exact) mass is 202 g/mol. The van der Waals surface area contributed by atoms with Crippen LogP contribution in [0.1, 0.15) is 6.92 Å². The number of aliphatic carboxylic acids is 1. The normalized spacial score (nSPS) is 19.5. The minimum Gasteiger partial charge on any atom is -0.547 e. The van der Waals surface area contributed by atoms with Gasteiger partial charge in [0.25, 0.3) is 0 Å². The van der Waals surface area contributed by atoms with E-state index < -0.39 is 30.4 Å². The summed E-state index contributed by atoms with van der Waals surface area (Å²) >= 11 is 0. The van der Waals surface area contributed by atoms with Crippen molar-refractivity contribution in [1.29, 1.82) is 0 Å². The Balaban J connectivity index is 0. The summed E-state index contributed by atoms with van der Waals surface area (Å²) in [6.07, 6.45) is -7.18. The number of rotatable bonds is 4. The van der Waals surface area contributed by atoms with Gasteiger partial charge in [0, 0.05) is 0 Å². The smallest absolute Gasteiger partial charge is 0.547 e. The molecule has 0 heterocycles. The maximum Gasteiger partial charge on any atom is 1.00 e. The summed E-state index contributed by atoms with van der Waals surface area (Å²) in [7, 11) is 0. The largest absolute Gasteiger partial charge is 1.00 e. The van der Waals surface area contributed by atoms with Gasteiger partial charge in [-0.15, -0.1) is 0 Å². The predicted octanol–water partition coefficient (Wildman–Crippen LogP) is -6.80. The molecule has 7 heteroatoms. The molecule has 0 bridgehead atoms. The van der Waals surface area contributed by atoms with Crippen molar-refractivity contribution in [3.05, 3.63) is 0 Å². The van der Waals surface area contributed by atoms with Crippen LogP contribution in [0.3, 0.4) is 0 Å². The van der Waals surface area contributed by atoms with Crippen LogP contribution in [0.2, 0.25) is 0 Å². The molecule has 4 atom stereocenters. The molecule has 0 fully saturated rings. The molecule has 6 nitrogen and oxygen atoms in total. The fraction of sp³-hybridized carbons (Fsp3) is 0.833. The predicted molar refractivity (Wildman–Crippen MR) is 34.7 cm³/mol. The molecule has 0 unspecified atom stereocenters. The van der Waals surface area contributed by atoms with Gasteiger partial charge in [0.05, 0.1) is 12.1 Å². The maximum atomic E-state index is 9.95. The number of carbonyl (C=O) groups excluding carboxylic acids is 1. The van der Waals surface area contributed by atoms with Gasteiger partial charge in [0.15, 0.2) is 0 Å². The number of carboxylic acids is 1. The van der Waals surface area contributed by atoms with Crippen LogP contribution in [0.5, 0.6) is 0 Å². The van der Waals surface area contributed by atoms with E-state index in [9.17, 15) is 9.90 Å². The van der Waals surface area contributed by atoms with E-state index >= 15 is 0 Å². The van der Waals surface area contributed by atoms with Crippen LogP contribution in [-0.2, 0) is 4.79 Å². The Morgan fingerprint density at radius 2 is 1.54 bits per heavy atom. The fourth-order valence-electron chi connectivity index (χ4n) is 0.612. The minimum atomic E-state index is -2.20. The molecule has 13 heavy (non-hydrogen) atoms. The Kier molecular flexibility index (Phi) is 8.15. The van der Waals surface area contributed by atoms with Crippen molar-refractivity contribution >= 4 is 5.97 Å². The van der Waals surface area contributed by atoms with Crippen molar-refractivity contribution in [3.8, 4) is 0 Å².